The maximum Gasteiger partial charge on any atom is 0.408 e. The number of benzene rings is 1. The molecule has 0 bridgehead atoms. The van der Waals surface area contributed by atoms with Crippen LogP contribution in [0.25, 0.3) is 0 Å². The molecule has 1 aromatic rings. The van der Waals surface area contributed by atoms with Gasteiger partial charge in [0, 0.05) is 17.7 Å². The zero-order chi connectivity index (χ0) is 23.1. The Labute approximate surface area is 170 Å². The molecular formula is C17H21N3O10. The van der Waals surface area contributed by atoms with E-state index in [1.165, 1.54) is 0 Å². The van der Waals surface area contributed by atoms with Crippen molar-refractivity contribution in [2.45, 2.75) is 45.4 Å². The van der Waals surface area contributed by atoms with Crippen molar-refractivity contribution < 1.29 is 38.4 Å². The van der Waals surface area contributed by atoms with E-state index in [-0.39, 0.29) is 5.56 Å². The number of methoxy groups -OCH3 is 1. The molecule has 1 aromatic carbocycles. The summed E-state index contributed by atoms with van der Waals surface area (Å²) in [5, 5.41) is 24.0. The summed E-state index contributed by atoms with van der Waals surface area (Å²) in [6, 6.07) is 1.28. The number of amides is 1. The van der Waals surface area contributed by atoms with Crippen LogP contribution < -0.4 is 5.32 Å². The summed E-state index contributed by atoms with van der Waals surface area (Å²) in [5.41, 5.74) is -2.02. The summed E-state index contributed by atoms with van der Waals surface area (Å²) in [6.45, 7) is 4.20. The van der Waals surface area contributed by atoms with Crippen LogP contribution in [-0.2, 0) is 30.4 Å². The Kier molecular flexibility index (Phi) is 8.20. The number of esters is 2. The first-order valence-corrected chi connectivity index (χ1v) is 8.48. The van der Waals surface area contributed by atoms with Crippen LogP contribution in [0.3, 0.4) is 0 Å². The summed E-state index contributed by atoms with van der Waals surface area (Å²) in [6.07, 6.45) is -1.55. The monoisotopic (exact) mass is 427 g/mol. The summed E-state index contributed by atoms with van der Waals surface area (Å²) in [5.74, 6) is -1.89. The second kappa shape index (κ2) is 10.1. The van der Waals surface area contributed by atoms with Gasteiger partial charge in [-0.1, -0.05) is 0 Å². The standard InChI is InChI=1S/C17H21N3O10/c1-17(2,3)30-16(23)18-13(8-14(21)28-4)15(22)29-9-10-5-11(19(24)25)7-12(6-10)20(26)27/h5-7,13H,8-9H2,1-4H3,(H,18,23)/t13-/m0/s1. The van der Waals surface area contributed by atoms with Gasteiger partial charge in [0.2, 0.25) is 0 Å². The van der Waals surface area contributed by atoms with Gasteiger partial charge in [-0.15, -0.1) is 0 Å². The SMILES string of the molecule is COC(=O)C[C@H](NC(=O)OC(C)(C)C)C(=O)OCc1cc([N+](=O)[O-])cc([N+](=O)[O-])c1. The van der Waals surface area contributed by atoms with Gasteiger partial charge >= 0.3 is 18.0 Å². The lowest BCUT2D eigenvalue weighted by atomic mass is 10.2. The molecule has 1 N–H and O–H groups in total. The van der Waals surface area contributed by atoms with Crippen LogP contribution in [0, 0.1) is 20.2 Å². The van der Waals surface area contributed by atoms with E-state index in [2.05, 4.69) is 10.1 Å². The third-order valence-electron chi connectivity index (χ3n) is 3.34. The zero-order valence-electron chi connectivity index (χ0n) is 16.7. The lowest BCUT2D eigenvalue weighted by Crippen LogP contribution is -2.45. The average Bonchev–Trinajstić information content (AvgIpc) is 2.63. The number of alkyl carbamates (subject to hydrolysis) is 1. The number of nitro groups is 2. The van der Waals surface area contributed by atoms with E-state index < -0.39 is 63.9 Å². The number of carbonyl (C=O) groups excluding carboxylic acids is 3. The second-order valence-electron chi connectivity index (χ2n) is 6.96. The van der Waals surface area contributed by atoms with Gasteiger partial charge in [-0.2, -0.15) is 0 Å². The highest BCUT2D eigenvalue weighted by molar-refractivity contribution is 5.86. The molecule has 0 spiro atoms. The summed E-state index contributed by atoms with van der Waals surface area (Å²) in [7, 11) is 1.08. The van der Waals surface area contributed by atoms with Crippen molar-refractivity contribution in [2.24, 2.45) is 0 Å². The number of nitro benzene ring substituents is 2. The summed E-state index contributed by atoms with van der Waals surface area (Å²) < 4.78 is 14.5. The van der Waals surface area contributed by atoms with Gasteiger partial charge in [0.25, 0.3) is 11.4 Å². The van der Waals surface area contributed by atoms with Crippen LogP contribution in [0.4, 0.5) is 16.2 Å². The minimum absolute atomic E-state index is 0.0293. The minimum atomic E-state index is -1.47. The van der Waals surface area contributed by atoms with E-state index >= 15 is 0 Å². The third-order valence-corrected chi connectivity index (χ3v) is 3.34. The van der Waals surface area contributed by atoms with Gasteiger partial charge in [-0.25, -0.2) is 9.59 Å². The van der Waals surface area contributed by atoms with Crippen molar-refractivity contribution in [3.05, 3.63) is 44.0 Å². The number of carbonyl (C=O) groups is 3. The lowest BCUT2D eigenvalue weighted by Gasteiger charge is -2.22. The molecule has 0 fully saturated rings. The van der Waals surface area contributed by atoms with Crippen LogP contribution >= 0.6 is 0 Å². The first kappa shape index (κ1) is 24.3. The van der Waals surface area contributed by atoms with Crippen molar-refractivity contribution in [1.29, 1.82) is 0 Å². The molecule has 13 nitrogen and oxygen atoms in total. The number of ether oxygens (including phenoxy) is 3. The zero-order valence-corrected chi connectivity index (χ0v) is 16.7. The molecule has 0 saturated carbocycles. The maximum absolute atomic E-state index is 12.3. The molecule has 0 saturated heterocycles. The Morgan fingerprint density at radius 3 is 2.03 bits per heavy atom. The van der Waals surface area contributed by atoms with Gasteiger partial charge in [-0.05, 0) is 20.8 Å². The molecule has 164 valence electrons. The largest absolute Gasteiger partial charge is 0.469 e. The molecule has 1 rings (SSSR count). The van der Waals surface area contributed by atoms with E-state index in [4.69, 9.17) is 9.47 Å². The smallest absolute Gasteiger partial charge is 0.408 e. The van der Waals surface area contributed by atoms with Gasteiger partial charge in [0.05, 0.1) is 29.4 Å². The topological polar surface area (TPSA) is 177 Å². The fourth-order valence-electron chi connectivity index (χ4n) is 2.10. The first-order chi connectivity index (χ1) is 13.8. The first-order valence-electron chi connectivity index (χ1n) is 8.48. The Morgan fingerprint density at radius 1 is 1.07 bits per heavy atom. The van der Waals surface area contributed by atoms with Crippen molar-refractivity contribution in [2.75, 3.05) is 7.11 Å². The molecule has 0 aliphatic carbocycles. The molecule has 13 heteroatoms. The van der Waals surface area contributed by atoms with Gasteiger partial charge in [0.1, 0.15) is 18.2 Å². The van der Waals surface area contributed by atoms with Crippen LogP contribution in [0.1, 0.15) is 32.8 Å². The predicted octanol–water partition coefficient (Wildman–Crippen LogP) is 2.00. The Morgan fingerprint density at radius 2 is 1.60 bits per heavy atom. The van der Waals surface area contributed by atoms with E-state index in [0.717, 1.165) is 25.3 Å². The van der Waals surface area contributed by atoms with Crippen LogP contribution in [0.5, 0.6) is 0 Å². The highest BCUT2D eigenvalue weighted by atomic mass is 16.6. The van der Waals surface area contributed by atoms with Gasteiger partial charge < -0.3 is 19.5 Å². The molecule has 30 heavy (non-hydrogen) atoms. The molecule has 0 aliphatic heterocycles. The molecule has 0 aromatic heterocycles. The van der Waals surface area contributed by atoms with E-state index in [1.807, 2.05) is 0 Å². The van der Waals surface area contributed by atoms with Gasteiger partial charge in [0.15, 0.2) is 0 Å². The van der Waals surface area contributed by atoms with Gasteiger partial charge in [-0.3, -0.25) is 25.0 Å². The summed E-state index contributed by atoms with van der Waals surface area (Å²) in [4.78, 5) is 56.0. The van der Waals surface area contributed by atoms with Crippen molar-refractivity contribution >= 4 is 29.4 Å². The Balaban J connectivity index is 2.95. The number of nitrogens with zero attached hydrogens (tertiary/aromatic N) is 2. The predicted molar refractivity (Wildman–Crippen MR) is 99.3 cm³/mol. The molecule has 0 unspecified atom stereocenters. The van der Waals surface area contributed by atoms with Crippen LogP contribution in [0.15, 0.2) is 18.2 Å². The van der Waals surface area contributed by atoms with E-state index in [1.54, 1.807) is 20.8 Å². The fourth-order valence-corrected chi connectivity index (χ4v) is 2.10. The minimum Gasteiger partial charge on any atom is -0.469 e. The highest BCUT2D eigenvalue weighted by Gasteiger charge is 2.28. The van der Waals surface area contributed by atoms with Crippen molar-refractivity contribution in [1.82, 2.24) is 5.32 Å². The molecular weight excluding hydrogens is 406 g/mol. The van der Waals surface area contributed by atoms with Crippen molar-refractivity contribution in [3.8, 4) is 0 Å². The molecule has 1 amide bonds. The fraction of sp³-hybridized carbons (Fsp3) is 0.471. The quantitative estimate of drug-likeness (QED) is 0.279. The van der Waals surface area contributed by atoms with E-state index in [0.29, 0.717) is 0 Å². The average molecular weight is 427 g/mol. The van der Waals surface area contributed by atoms with Crippen LogP contribution in [0.2, 0.25) is 0 Å². The molecule has 0 radical (unpaired) electrons. The number of nitrogens with one attached hydrogen (secondary N) is 1. The van der Waals surface area contributed by atoms with Crippen LogP contribution in [-0.4, -0.2) is 46.6 Å². The normalized spacial score (nSPS) is 11.7. The summed E-state index contributed by atoms with van der Waals surface area (Å²) >= 11 is 0. The molecule has 0 heterocycles. The maximum atomic E-state index is 12.3. The number of hydrogen-bond acceptors (Lipinski definition) is 10. The number of hydrogen-bond donors (Lipinski definition) is 1. The van der Waals surface area contributed by atoms with Crippen molar-refractivity contribution in [3.63, 3.8) is 0 Å². The second-order valence-corrected chi connectivity index (χ2v) is 6.96. The van der Waals surface area contributed by atoms with E-state index in [9.17, 15) is 34.6 Å². The Hall–Kier alpha value is -3.77. The molecule has 0 aliphatic rings. The lowest BCUT2D eigenvalue weighted by molar-refractivity contribution is -0.394. The molecule has 1 atom stereocenters. The number of non-ortho nitro benzene ring substituents is 2. The Bertz CT molecular complexity index is 814. The third kappa shape index (κ3) is 8.08. The number of rotatable bonds is 8. The highest BCUT2D eigenvalue weighted by Crippen LogP contribution is 2.23.